The van der Waals surface area contributed by atoms with Gasteiger partial charge in [-0.05, 0) is 5.92 Å². The number of allylic oxidation sites excluding steroid dienone is 2. The number of carbonyl (C=O) groups is 1. The zero-order valence-corrected chi connectivity index (χ0v) is 7.13. The lowest BCUT2D eigenvalue weighted by molar-refractivity contribution is -0.116. The standard InChI is InChI=1S/C9H15NO/c1-4-5-6-9(11)10-7-8(2)3/h4-6,8H,1,7H2,2-3H3,(H,10,11)/b6-5-. The fourth-order valence-electron chi connectivity index (χ4n) is 0.519. The minimum atomic E-state index is -0.0569. The molecule has 0 aromatic carbocycles. The lowest BCUT2D eigenvalue weighted by atomic mass is 10.2. The first kappa shape index (κ1) is 9.95. The molecule has 0 rings (SSSR count). The first-order valence-corrected chi connectivity index (χ1v) is 3.73. The van der Waals surface area contributed by atoms with E-state index in [0.717, 1.165) is 6.54 Å². The molecule has 0 aromatic rings. The third-order valence-corrected chi connectivity index (χ3v) is 1.07. The summed E-state index contributed by atoms with van der Waals surface area (Å²) in [5.74, 6) is 0.440. The van der Waals surface area contributed by atoms with Crippen molar-refractivity contribution in [3.8, 4) is 0 Å². The van der Waals surface area contributed by atoms with Gasteiger partial charge in [-0.15, -0.1) is 0 Å². The molecule has 0 saturated heterocycles. The summed E-state index contributed by atoms with van der Waals surface area (Å²) < 4.78 is 0. The Morgan fingerprint density at radius 2 is 2.27 bits per heavy atom. The van der Waals surface area contributed by atoms with Crippen molar-refractivity contribution in [2.75, 3.05) is 6.54 Å². The van der Waals surface area contributed by atoms with Crippen LogP contribution in [0.25, 0.3) is 0 Å². The third kappa shape index (κ3) is 6.84. The number of carbonyl (C=O) groups excluding carboxylic acids is 1. The molecule has 0 heterocycles. The van der Waals surface area contributed by atoms with Gasteiger partial charge in [-0.25, -0.2) is 0 Å². The van der Waals surface area contributed by atoms with E-state index >= 15 is 0 Å². The molecule has 62 valence electrons. The van der Waals surface area contributed by atoms with Gasteiger partial charge in [-0.2, -0.15) is 0 Å². The summed E-state index contributed by atoms with van der Waals surface area (Å²) in [7, 11) is 0. The second-order valence-electron chi connectivity index (χ2n) is 2.73. The second-order valence-corrected chi connectivity index (χ2v) is 2.73. The van der Waals surface area contributed by atoms with Crippen LogP contribution in [0.2, 0.25) is 0 Å². The van der Waals surface area contributed by atoms with E-state index in [1.165, 1.54) is 6.08 Å². The Balaban J connectivity index is 3.53. The molecule has 0 unspecified atom stereocenters. The first-order chi connectivity index (χ1) is 5.16. The van der Waals surface area contributed by atoms with Crippen LogP contribution >= 0.6 is 0 Å². The lowest BCUT2D eigenvalue weighted by Gasteiger charge is -2.03. The van der Waals surface area contributed by atoms with Crippen molar-refractivity contribution < 1.29 is 4.79 Å². The van der Waals surface area contributed by atoms with Crippen LogP contribution in [-0.4, -0.2) is 12.5 Å². The van der Waals surface area contributed by atoms with Crippen LogP contribution in [0.15, 0.2) is 24.8 Å². The summed E-state index contributed by atoms with van der Waals surface area (Å²) in [6.45, 7) is 8.29. The Kier molecular flexibility index (Phi) is 5.17. The van der Waals surface area contributed by atoms with E-state index in [0.29, 0.717) is 5.92 Å². The SMILES string of the molecule is C=C/C=C\C(=O)NCC(C)C. The molecule has 0 fully saturated rings. The second kappa shape index (κ2) is 5.71. The van der Waals surface area contributed by atoms with E-state index in [2.05, 4.69) is 25.7 Å². The van der Waals surface area contributed by atoms with Gasteiger partial charge in [0.1, 0.15) is 0 Å². The van der Waals surface area contributed by atoms with Crippen molar-refractivity contribution in [2.45, 2.75) is 13.8 Å². The lowest BCUT2D eigenvalue weighted by Crippen LogP contribution is -2.25. The predicted octanol–water partition coefficient (Wildman–Crippen LogP) is 1.50. The molecule has 0 spiro atoms. The van der Waals surface area contributed by atoms with Gasteiger partial charge in [0, 0.05) is 12.6 Å². The van der Waals surface area contributed by atoms with E-state index in [1.807, 2.05) is 0 Å². The Morgan fingerprint density at radius 1 is 1.64 bits per heavy atom. The van der Waals surface area contributed by atoms with Crippen LogP contribution in [0.4, 0.5) is 0 Å². The molecular formula is C9H15NO. The maximum atomic E-state index is 10.9. The Labute approximate surface area is 68.0 Å². The van der Waals surface area contributed by atoms with E-state index in [9.17, 15) is 4.79 Å². The summed E-state index contributed by atoms with van der Waals surface area (Å²) in [5, 5.41) is 2.74. The fourth-order valence-corrected chi connectivity index (χ4v) is 0.519. The molecule has 0 aliphatic heterocycles. The van der Waals surface area contributed by atoms with Gasteiger partial charge in [-0.1, -0.05) is 32.6 Å². The van der Waals surface area contributed by atoms with Gasteiger partial charge in [0.05, 0.1) is 0 Å². The Morgan fingerprint density at radius 3 is 2.73 bits per heavy atom. The zero-order chi connectivity index (χ0) is 8.69. The maximum absolute atomic E-state index is 10.9. The van der Waals surface area contributed by atoms with Gasteiger partial charge < -0.3 is 5.32 Å². The number of hydrogen-bond donors (Lipinski definition) is 1. The van der Waals surface area contributed by atoms with E-state index < -0.39 is 0 Å². The van der Waals surface area contributed by atoms with E-state index in [1.54, 1.807) is 12.2 Å². The van der Waals surface area contributed by atoms with Crippen LogP contribution in [0.3, 0.4) is 0 Å². The highest BCUT2D eigenvalue weighted by Gasteiger charge is 1.95. The van der Waals surface area contributed by atoms with Crippen molar-refractivity contribution in [1.29, 1.82) is 0 Å². The van der Waals surface area contributed by atoms with Gasteiger partial charge in [0.15, 0.2) is 0 Å². The summed E-state index contributed by atoms with van der Waals surface area (Å²) in [6, 6.07) is 0. The number of nitrogens with one attached hydrogen (secondary N) is 1. The first-order valence-electron chi connectivity index (χ1n) is 3.73. The quantitative estimate of drug-likeness (QED) is 0.481. The maximum Gasteiger partial charge on any atom is 0.243 e. The minimum absolute atomic E-state index is 0.0569. The molecule has 0 aliphatic carbocycles. The van der Waals surface area contributed by atoms with Gasteiger partial charge in [0.2, 0.25) is 5.91 Å². The fraction of sp³-hybridized carbons (Fsp3) is 0.444. The Bertz CT molecular complexity index is 159. The van der Waals surface area contributed by atoms with Crippen molar-refractivity contribution in [3.05, 3.63) is 24.8 Å². The van der Waals surface area contributed by atoms with Crippen LogP contribution in [0.5, 0.6) is 0 Å². The third-order valence-electron chi connectivity index (χ3n) is 1.07. The van der Waals surface area contributed by atoms with Gasteiger partial charge in [0.25, 0.3) is 0 Å². The number of amides is 1. The zero-order valence-electron chi connectivity index (χ0n) is 7.13. The normalized spacial score (nSPS) is 10.5. The van der Waals surface area contributed by atoms with Crippen LogP contribution in [-0.2, 0) is 4.79 Å². The van der Waals surface area contributed by atoms with Crippen molar-refractivity contribution >= 4 is 5.91 Å². The summed E-state index contributed by atoms with van der Waals surface area (Å²) in [6.07, 6.45) is 4.67. The highest BCUT2D eigenvalue weighted by atomic mass is 16.1. The number of rotatable bonds is 4. The van der Waals surface area contributed by atoms with E-state index in [4.69, 9.17) is 0 Å². The highest BCUT2D eigenvalue weighted by Crippen LogP contribution is 1.86. The average Bonchev–Trinajstić information content (AvgIpc) is 1.97. The molecule has 0 atom stereocenters. The molecule has 2 nitrogen and oxygen atoms in total. The molecule has 2 heteroatoms. The summed E-state index contributed by atoms with van der Waals surface area (Å²) in [4.78, 5) is 10.9. The molecule has 0 aliphatic rings. The summed E-state index contributed by atoms with van der Waals surface area (Å²) >= 11 is 0. The average molecular weight is 153 g/mol. The van der Waals surface area contributed by atoms with Crippen molar-refractivity contribution in [3.63, 3.8) is 0 Å². The molecule has 0 saturated carbocycles. The minimum Gasteiger partial charge on any atom is -0.352 e. The Hall–Kier alpha value is -1.05. The van der Waals surface area contributed by atoms with Crippen molar-refractivity contribution in [2.24, 2.45) is 5.92 Å². The van der Waals surface area contributed by atoms with Crippen molar-refractivity contribution in [1.82, 2.24) is 5.32 Å². The number of hydrogen-bond acceptors (Lipinski definition) is 1. The van der Waals surface area contributed by atoms with E-state index in [-0.39, 0.29) is 5.91 Å². The smallest absolute Gasteiger partial charge is 0.243 e. The summed E-state index contributed by atoms with van der Waals surface area (Å²) in [5.41, 5.74) is 0. The molecular weight excluding hydrogens is 138 g/mol. The van der Waals surface area contributed by atoms with Crippen LogP contribution in [0, 0.1) is 5.92 Å². The van der Waals surface area contributed by atoms with Crippen LogP contribution in [0.1, 0.15) is 13.8 Å². The predicted molar refractivity (Wildman–Crippen MR) is 47.2 cm³/mol. The molecule has 1 N–H and O–H groups in total. The monoisotopic (exact) mass is 153 g/mol. The molecule has 1 amide bonds. The van der Waals surface area contributed by atoms with Gasteiger partial charge >= 0.3 is 0 Å². The largest absolute Gasteiger partial charge is 0.352 e. The molecule has 0 radical (unpaired) electrons. The molecule has 0 bridgehead atoms. The van der Waals surface area contributed by atoms with Crippen LogP contribution < -0.4 is 5.32 Å². The molecule has 0 aromatic heterocycles. The van der Waals surface area contributed by atoms with Gasteiger partial charge in [-0.3, -0.25) is 4.79 Å². The highest BCUT2D eigenvalue weighted by molar-refractivity contribution is 5.87. The molecule has 11 heavy (non-hydrogen) atoms. The topological polar surface area (TPSA) is 29.1 Å².